The normalized spacial score (nSPS) is 25.0. The number of ether oxygens (including phenoxy) is 2. The number of aliphatic hydroxyl groups is 2. The fourth-order valence-corrected chi connectivity index (χ4v) is 10.2. The first-order valence-electron chi connectivity index (χ1n) is 21.6. The van der Waals surface area contributed by atoms with Crippen LogP contribution in [0.1, 0.15) is 90.2 Å². The van der Waals surface area contributed by atoms with Gasteiger partial charge in [-0.1, -0.05) is 104 Å². The van der Waals surface area contributed by atoms with Gasteiger partial charge < -0.3 is 30.3 Å². The van der Waals surface area contributed by atoms with Crippen LogP contribution in [0.4, 0.5) is 5.69 Å². The van der Waals surface area contributed by atoms with Crippen LogP contribution in [0.5, 0.6) is 5.75 Å². The van der Waals surface area contributed by atoms with Crippen molar-refractivity contribution in [2.24, 2.45) is 5.92 Å². The number of carbonyl (C=O) groups excluding carboxylic acids is 3. The predicted octanol–water partition coefficient (Wildman–Crippen LogP) is 6.52. The Morgan fingerprint density at radius 1 is 0.855 bits per heavy atom. The average molecular weight is 831 g/mol. The Kier molecular flexibility index (Phi) is 11.6. The zero-order valence-corrected chi connectivity index (χ0v) is 34.4. The number of nitrogens with zero attached hydrogens (tertiary/aromatic N) is 2. The fraction of sp³-hybridized carbons (Fsp3) is 0.333. The number of benzene rings is 4. The molecule has 316 valence electrons. The standard InChI is InChI=1S/C51H50N4O7/c56-30-31-61-39-20-13-18-37(33-39)46-51(40-32-34(21-22-41(40)54-49(51)59)23-27-50(60)25-10-1-2-11-26-50)42(47(57)53-29-24-38-19-9-12-28-52-38)44-48(58)62-45(36-16-7-4-8-17-36)43(55(44)46)35-14-5-3-6-15-35/h3-9,12-22,28,32-33,42-46,56,60H,1-2,10-11,24-26,29-31H2,(H,53,57)(H,54,59). The summed E-state index contributed by atoms with van der Waals surface area (Å²) in [5.41, 5.74) is 1.73. The van der Waals surface area contributed by atoms with Gasteiger partial charge in [-0.3, -0.25) is 24.3 Å². The van der Waals surface area contributed by atoms with Crippen molar-refractivity contribution in [3.05, 3.63) is 161 Å². The highest BCUT2D eigenvalue weighted by Crippen LogP contribution is 2.65. The van der Waals surface area contributed by atoms with Crippen molar-refractivity contribution in [3.63, 3.8) is 0 Å². The van der Waals surface area contributed by atoms with Gasteiger partial charge in [-0.25, -0.2) is 0 Å². The van der Waals surface area contributed by atoms with E-state index in [0.29, 0.717) is 47.4 Å². The van der Waals surface area contributed by atoms with Gasteiger partial charge in [0.1, 0.15) is 35.5 Å². The number of rotatable bonds is 10. The highest BCUT2D eigenvalue weighted by Gasteiger charge is 2.74. The number of aliphatic hydroxyl groups excluding tert-OH is 1. The van der Waals surface area contributed by atoms with Crippen LogP contribution >= 0.6 is 0 Å². The quantitative estimate of drug-likeness (QED) is 0.0702. The Labute approximate surface area is 361 Å². The van der Waals surface area contributed by atoms with Crippen LogP contribution in [0.25, 0.3) is 0 Å². The Morgan fingerprint density at radius 2 is 1.58 bits per heavy atom. The Balaban J connectivity index is 1.27. The number of pyridine rings is 1. The number of carbonyl (C=O) groups is 3. The summed E-state index contributed by atoms with van der Waals surface area (Å²) in [6, 6.07) is 34.8. The summed E-state index contributed by atoms with van der Waals surface area (Å²) in [5.74, 6) is 4.04. The number of esters is 1. The lowest BCUT2D eigenvalue weighted by atomic mass is 9.65. The monoisotopic (exact) mass is 830 g/mol. The lowest BCUT2D eigenvalue weighted by Gasteiger charge is -2.46. The second-order valence-electron chi connectivity index (χ2n) is 16.7. The van der Waals surface area contributed by atoms with Crippen molar-refractivity contribution in [3.8, 4) is 17.6 Å². The summed E-state index contributed by atoms with van der Waals surface area (Å²) < 4.78 is 12.5. The molecule has 9 rings (SSSR count). The van der Waals surface area contributed by atoms with Gasteiger partial charge in [0.05, 0.1) is 24.6 Å². The van der Waals surface area contributed by atoms with E-state index in [0.717, 1.165) is 42.5 Å². The maximum absolute atomic E-state index is 15.5. The lowest BCUT2D eigenvalue weighted by Crippen LogP contribution is -2.55. The summed E-state index contributed by atoms with van der Waals surface area (Å²) >= 11 is 0. The number of fused-ring (bicyclic) bond motifs is 3. The largest absolute Gasteiger partial charge is 0.491 e. The average Bonchev–Trinajstić information content (AvgIpc) is 3.67. The number of nitrogens with one attached hydrogen (secondary N) is 2. The molecule has 3 fully saturated rings. The molecule has 5 aromatic rings. The smallest absolute Gasteiger partial charge is 0.324 e. The van der Waals surface area contributed by atoms with Gasteiger partial charge in [-0.05, 0) is 90.4 Å². The SMILES string of the molecule is O=C1OC(c2ccccc2)C(c2ccccc2)N2C1C(C(=O)NCCc1ccccn1)C1(C(=O)Nc3ccc(C#CC4(O)CCCCCC4)cc31)C2c1cccc(OCCO)c1. The Bertz CT molecular complexity index is 2480. The zero-order valence-electron chi connectivity index (χ0n) is 34.4. The first-order chi connectivity index (χ1) is 30.3. The molecule has 1 saturated carbocycles. The molecule has 4 heterocycles. The molecule has 11 nitrogen and oxygen atoms in total. The van der Waals surface area contributed by atoms with E-state index in [1.807, 2.05) is 114 Å². The first kappa shape index (κ1) is 41.1. The van der Waals surface area contributed by atoms with Gasteiger partial charge in [-0.15, -0.1) is 0 Å². The van der Waals surface area contributed by atoms with Gasteiger partial charge in [0.2, 0.25) is 11.8 Å². The van der Waals surface area contributed by atoms with Crippen LogP contribution in [0.15, 0.2) is 128 Å². The molecule has 62 heavy (non-hydrogen) atoms. The maximum Gasteiger partial charge on any atom is 0.324 e. The van der Waals surface area contributed by atoms with E-state index in [-0.39, 0.29) is 19.8 Å². The summed E-state index contributed by atoms with van der Waals surface area (Å²) in [6.45, 7) is 0.0360. The number of hydrogen-bond donors (Lipinski definition) is 4. The lowest BCUT2D eigenvalue weighted by molar-refractivity contribution is -0.178. The van der Waals surface area contributed by atoms with Crippen molar-refractivity contribution in [1.29, 1.82) is 0 Å². The molecule has 1 aliphatic carbocycles. The van der Waals surface area contributed by atoms with E-state index in [9.17, 15) is 10.2 Å². The summed E-state index contributed by atoms with van der Waals surface area (Å²) in [7, 11) is 0. The number of morpholine rings is 1. The third-order valence-corrected chi connectivity index (χ3v) is 12.9. The van der Waals surface area contributed by atoms with Crippen molar-refractivity contribution < 1.29 is 34.1 Å². The molecular formula is C51H50N4O7. The molecule has 0 radical (unpaired) electrons. The van der Waals surface area contributed by atoms with Gasteiger partial charge in [0, 0.05) is 36.1 Å². The Morgan fingerprint density at radius 3 is 2.31 bits per heavy atom. The number of anilines is 1. The van der Waals surface area contributed by atoms with E-state index < -0.39 is 58.9 Å². The minimum atomic E-state index is -1.72. The third-order valence-electron chi connectivity index (χ3n) is 12.9. The number of cyclic esters (lactones) is 1. The molecule has 6 unspecified atom stereocenters. The second kappa shape index (κ2) is 17.6. The fourth-order valence-electron chi connectivity index (χ4n) is 10.2. The van der Waals surface area contributed by atoms with Crippen molar-refractivity contribution in [1.82, 2.24) is 15.2 Å². The minimum absolute atomic E-state index is 0.0413. The molecule has 6 atom stereocenters. The van der Waals surface area contributed by atoms with Crippen LogP contribution < -0.4 is 15.4 Å². The molecule has 1 aromatic heterocycles. The van der Waals surface area contributed by atoms with Gasteiger partial charge in [0.15, 0.2) is 0 Å². The van der Waals surface area contributed by atoms with Crippen molar-refractivity contribution >= 4 is 23.5 Å². The van der Waals surface area contributed by atoms with Crippen LogP contribution in [-0.2, 0) is 31.0 Å². The van der Waals surface area contributed by atoms with E-state index >= 15 is 14.4 Å². The molecule has 4 aromatic carbocycles. The number of aromatic nitrogens is 1. The maximum atomic E-state index is 15.5. The van der Waals surface area contributed by atoms with Crippen LogP contribution in [-0.4, -0.2) is 69.3 Å². The number of hydrogen-bond acceptors (Lipinski definition) is 9. The summed E-state index contributed by atoms with van der Waals surface area (Å²) in [6.07, 6.45) is 6.33. The Hall–Kier alpha value is -6.32. The van der Waals surface area contributed by atoms with Crippen LogP contribution in [0.3, 0.4) is 0 Å². The molecule has 3 aliphatic heterocycles. The zero-order chi connectivity index (χ0) is 42.7. The van der Waals surface area contributed by atoms with Gasteiger partial charge >= 0.3 is 5.97 Å². The summed E-state index contributed by atoms with van der Waals surface area (Å²) in [5, 5.41) is 27.5. The molecular weight excluding hydrogens is 781 g/mol. The molecule has 2 saturated heterocycles. The third kappa shape index (κ3) is 7.64. The molecule has 4 aliphatic rings. The van der Waals surface area contributed by atoms with E-state index in [2.05, 4.69) is 27.5 Å². The van der Waals surface area contributed by atoms with E-state index in [4.69, 9.17) is 9.47 Å². The number of amides is 2. The molecule has 11 heteroatoms. The van der Waals surface area contributed by atoms with Crippen LogP contribution in [0, 0.1) is 17.8 Å². The van der Waals surface area contributed by atoms with Crippen molar-refractivity contribution in [2.45, 2.75) is 80.2 Å². The molecule has 4 N–H and O–H groups in total. The van der Waals surface area contributed by atoms with Gasteiger partial charge in [-0.2, -0.15) is 0 Å². The van der Waals surface area contributed by atoms with Crippen molar-refractivity contribution in [2.75, 3.05) is 25.1 Å². The van der Waals surface area contributed by atoms with E-state index in [1.54, 1.807) is 18.3 Å². The predicted molar refractivity (Wildman–Crippen MR) is 233 cm³/mol. The molecule has 0 bridgehead atoms. The van der Waals surface area contributed by atoms with Gasteiger partial charge in [0.25, 0.3) is 0 Å². The molecule has 2 amide bonds. The second-order valence-corrected chi connectivity index (χ2v) is 16.7. The highest BCUT2D eigenvalue weighted by atomic mass is 16.6. The van der Waals surface area contributed by atoms with Crippen LogP contribution in [0.2, 0.25) is 0 Å². The topological polar surface area (TPSA) is 150 Å². The summed E-state index contributed by atoms with van der Waals surface area (Å²) in [4.78, 5) is 52.5. The van der Waals surface area contributed by atoms with E-state index in [1.165, 1.54) is 0 Å². The minimum Gasteiger partial charge on any atom is -0.491 e. The first-order valence-corrected chi connectivity index (χ1v) is 21.6. The highest BCUT2D eigenvalue weighted by molar-refractivity contribution is 6.12. The molecule has 1 spiro atoms.